The number of thiocarbonyl (C=S) groups is 1. The van der Waals surface area contributed by atoms with Crippen LogP contribution in [0.15, 0.2) is 35.4 Å². The van der Waals surface area contributed by atoms with E-state index in [1.807, 2.05) is 0 Å². The molecule has 0 aromatic heterocycles. The predicted molar refractivity (Wildman–Crippen MR) is 112 cm³/mol. The fraction of sp³-hybridized carbons (Fsp3) is 0.600. The molecule has 0 bridgehead atoms. The van der Waals surface area contributed by atoms with E-state index in [4.69, 9.17) is 17.0 Å². The third-order valence-electron chi connectivity index (χ3n) is 5.34. The quantitative estimate of drug-likeness (QED) is 0.273. The second-order valence-corrected chi connectivity index (χ2v) is 7.83. The minimum absolute atomic E-state index is 0.638. The van der Waals surface area contributed by atoms with Crippen LogP contribution in [0, 0.1) is 0 Å². The molecule has 7 heteroatoms. The maximum Gasteiger partial charge on any atom is 0.186 e. The normalized spacial score (nSPS) is 20.9. The first-order chi connectivity index (χ1) is 13.3. The zero-order valence-electron chi connectivity index (χ0n) is 16.1. The molecule has 0 amide bonds. The van der Waals surface area contributed by atoms with Crippen molar-refractivity contribution in [3.05, 3.63) is 35.9 Å². The average molecular weight is 392 g/mol. The van der Waals surface area contributed by atoms with Crippen LogP contribution >= 0.6 is 12.2 Å². The van der Waals surface area contributed by atoms with E-state index < -0.39 is 0 Å². The van der Waals surface area contributed by atoms with Gasteiger partial charge in [-0.1, -0.05) is 30.3 Å². The number of hydrazone groups is 1. The van der Waals surface area contributed by atoms with Crippen molar-refractivity contribution in [2.24, 2.45) is 5.10 Å². The summed E-state index contributed by atoms with van der Waals surface area (Å²) in [6.45, 7) is 9.49. The van der Waals surface area contributed by atoms with Crippen molar-refractivity contribution >= 4 is 23.0 Å². The number of piperidine rings is 1. The number of rotatable bonds is 7. The lowest BCUT2D eigenvalue weighted by Gasteiger charge is -2.25. The Kier molecular flexibility index (Phi) is 8.48. The lowest BCUT2D eigenvalue weighted by Crippen LogP contribution is -3.14. The average Bonchev–Trinajstić information content (AvgIpc) is 2.72. The van der Waals surface area contributed by atoms with E-state index in [0.29, 0.717) is 5.11 Å². The van der Waals surface area contributed by atoms with Crippen molar-refractivity contribution in [1.82, 2.24) is 10.7 Å². The van der Waals surface area contributed by atoms with Crippen LogP contribution in [0.2, 0.25) is 0 Å². The Labute approximate surface area is 167 Å². The topological polar surface area (TPSA) is 54.5 Å². The summed E-state index contributed by atoms with van der Waals surface area (Å²) in [5.74, 6) is 0. The number of ether oxygens (including phenoxy) is 1. The third-order valence-corrected chi connectivity index (χ3v) is 5.57. The highest BCUT2D eigenvalue weighted by atomic mass is 32.1. The molecule has 3 rings (SSSR count). The summed E-state index contributed by atoms with van der Waals surface area (Å²) < 4.78 is 5.39. The molecule has 2 saturated heterocycles. The first-order valence-corrected chi connectivity index (χ1v) is 10.6. The number of hydrogen-bond donors (Lipinski definition) is 4. The van der Waals surface area contributed by atoms with E-state index in [-0.39, 0.29) is 0 Å². The van der Waals surface area contributed by atoms with Crippen molar-refractivity contribution < 1.29 is 14.5 Å². The maximum atomic E-state index is 5.39. The Morgan fingerprint density at radius 2 is 1.78 bits per heavy atom. The summed E-state index contributed by atoms with van der Waals surface area (Å²) in [7, 11) is 0. The number of hydrogen-bond acceptors (Lipinski definition) is 3. The standard InChI is InChI=1S/C20H31N5OS/c27-20(21-9-4-10-24-13-15-26-16-14-24)23-22-19-7-11-25(12-8-19)17-18-5-2-1-3-6-18/h1-3,5-6H,4,7-17H2,(H2,21,23,27)/p+2. The highest BCUT2D eigenvalue weighted by Gasteiger charge is 2.18. The number of likely N-dealkylation sites (tertiary alicyclic amines) is 1. The zero-order chi connectivity index (χ0) is 18.7. The fourth-order valence-corrected chi connectivity index (χ4v) is 3.83. The molecule has 4 N–H and O–H groups in total. The van der Waals surface area contributed by atoms with Crippen LogP contribution in [0.3, 0.4) is 0 Å². The molecule has 148 valence electrons. The second kappa shape index (κ2) is 11.3. The highest BCUT2D eigenvalue weighted by molar-refractivity contribution is 7.80. The van der Waals surface area contributed by atoms with Crippen LogP contribution in [0.4, 0.5) is 0 Å². The molecule has 0 aliphatic carbocycles. The lowest BCUT2D eigenvalue weighted by molar-refractivity contribution is -0.914. The smallest absolute Gasteiger partial charge is 0.186 e. The zero-order valence-corrected chi connectivity index (χ0v) is 17.0. The second-order valence-electron chi connectivity index (χ2n) is 7.42. The minimum atomic E-state index is 0.638. The van der Waals surface area contributed by atoms with Gasteiger partial charge in [0.1, 0.15) is 19.6 Å². The van der Waals surface area contributed by atoms with Crippen LogP contribution in [-0.4, -0.2) is 63.3 Å². The van der Waals surface area contributed by atoms with Gasteiger partial charge in [-0.25, -0.2) is 0 Å². The van der Waals surface area contributed by atoms with Gasteiger partial charge in [0, 0.05) is 37.1 Å². The van der Waals surface area contributed by atoms with E-state index in [9.17, 15) is 0 Å². The first-order valence-electron chi connectivity index (χ1n) is 10.2. The van der Waals surface area contributed by atoms with Gasteiger partial charge in [-0.3, -0.25) is 5.43 Å². The summed E-state index contributed by atoms with van der Waals surface area (Å²) in [4.78, 5) is 3.26. The van der Waals surface area contributed by atoms with Crippen molar-refractivity contribution in [1.29, 1.82) is 0 Å². The van der Waals surface area contributed by atoms with Crippen molar-refractivity contribution in [3.63, 3.8) is 0 Å². The highest BCUT2D eigenvalue weighted by Crippen LogP contribution is 1.99. The van der Waals surface area contributed by atoms with E-state index >= 15 is 0 Å². The van der Waals surface area contributed by atoms with E-state index in [1.165, 1.54) is 17.8 Å². The SMILES string of the molecule is S=C(NCCC[NH+]1CCOCC1)NN=C1CC[NH+](Cc2ccccc2)CC1. The van der Waals surface area contributed by atoms with Crippen molar-refractivity contribution in [2.75, 3.05) is 52.5 Å². The lowest BCUT2D eigenvalue weighted by atomic mass is 10.1. The van der Waals surface area contributed by atoms with Gasteiger partial charge in [-0.15, -0.1) is 0 Å². The Balaban J connectivity index is 1.26. The summed E-state index contributed by atoms with van der Waals surface area (Å²) in [6.07, 6.45) is 3.20. The molecular formula is C20H33N5OS+2. The van der Waals surface area contributed by atoms with Gasteiger partial charge < -0.3 is 19.9 Å². The van der Waals surface area contributed by atoms with Crippen molar-refractivity contribution in [2.45, 2.75) is 25.8 Å². The Morgan fingerprint density at radius 1 is 1.04 bits per heavy atom. The molecule has 0 radical (unpaired) electrons. The van der Waals surface area contributed by atoms with E-state index in [1.54, 1.807) is 9.80 Å². The van der Waals surface area contributed by atoms with E-state index in [0.717, 1.165) is 71.7 Å². The maximum absolute atomic E-state index is 5.39. The first kappa shape index (κ1) is 20.2. The number of quaternary nitrogens is 2. The number of benzene rings is 1. The van der Waals surface area contributed by atoms with Gasteiger partial charge in [-0.2, -0.15) is 5.10 Å². The van der Waals surface area contributed by atoms with E-state index in [2.05, 4.69) is 46.2 Å². The molecule has 2 fully saturated rings. The molecule has 0 atom stereocenters. The largest absolute Gasteiger partial charge is 0.370 e. The Morgan fingerprint density at radius 3 is 2.52 bits per heavy atom. The summed E-state index contributed by atoms with van der Waals surface area (Å²) >= 11 is 5.34. The van der Waals surface area contributed by atoms with Gasteiger partial charge in [-0.05, 0) is 12.2 Å². The van der Waals surface area contributed by atoms with Gasteiger partial charge in [0.2, 0.25) is 0 Å². The minimum Gasteiger partial charge on any atom is -0.370 e. The Bertz CT molecular complexity index is 594. The predicted octanol–water partition coefficient (Wildman–Crippen LogP) is -1.01. The molecule has 2 heterocycles. The number of morpholine rings is 1. The molecule has 1 aromatic rings. The van der Waals surface area contributed by atoms with Crippen LogP contribution in [0.1, 0.15) is 24.8 Å². The molecule has 1 aromatic carbocycles. The van der Waals surface area contributed by atoms with Crippen LogP contribution in [0.5, 0.6) is 0 Å². The van der Waals surface area contributed by atoms with Crippen LogP contribution in [-0.2, 0) is 11.3 Å². The number of nitrogens with one attached hydrogen (secondary N) is 4. The molecule has 0 saturated carbocycles. The molecule has 2 aliphatic heterocycles. The molecule has 6 nitrogen and oxygen atoms in total. The molecular weight excluding hydrogens is 358 g/mol. The fourth-order valence-electron chi connectivity index (χ4n) is 3.68. The van der Waals surface area contributed by atoms with Gasteiger partial charge in [0.25, 0.3) is 0 Å². The monoisotopic (exact) mass is 391 g/mol. The molecule has 27 heavy (non-hydrogen) atoms. The van der Waals surface area contributed by atoms with Gasteiger partial charge >= 0.3 is 0 Å². The molecule has 0 spiro atoms. The summed E-state index contributed by atoms with van der Waals surface area (Å²) in [6, 6.07) is 10.7. The van der Waals surface area contributed by atoms with Crippen LogP contribution < -0.4 is 20.5 Å². The van der Waals surface area contributed by atoms with Gasteiger partial charge in [0.15, 0.2) is 5.11 Å². The molecule has 0 unspecified atom stereocenters. The van der Waals surface area contributed by atoms with Gasteiger partial charge in [0.05, 0.1) is 32.8 Å². The van der Waals surface area contributed by atoms with Crippen molar-refractivity contribution in [3.8, 4) is 0 Å². The summed E-state index contributed by atoms with van der Waals surface area (Å²) in [5, 5.41) is 8.43. The third kappa shape index (κ3) is 7.54. The Hall–Kier alpha value is -1.54. The summed E-state index contributed by atoms with van der Waals surface area (Å²) in [5.41, 5.74) is 5.67. The molecule has 2 aliphatic rings. The number of nitrogens with zero attached hydrogens (tertiary/aromatic N) is 1. The van der Waals surface area contributed by atoms with Crippen LogP contribution in [0.25, 0.3) is 0 Å².